The van der Waals surface area contributed by atoms with Crippen molar-refractivity contribution in [1.29, 1.82) is 0 Å². The minimum Gasteiger partial charge on any atom is -0.356 e. The van der Waals surface area contributed by atoms with Crippen molar-refractivity contribution in [2.75, 3.05) is 6.54 Å². The molecule has 0 aliphatic heterocycles. The summed E-state index contributed by atoms with van der Waals surface area (Å²) in [7, 11) is 0. The first kappa shape index (κ1) is 10.0. The van der Waals surface area contributed by atoms with Crippen LogP contribution in [0.1, 0.15) is 26.7 Å². The summed E-state index contributed by atoms with van der Waals surface area (Å²) in [6.45, 7) is 4.85. The molecule has 0 spiro atoms. The first-order valence-corrected chi connectivity index (χ1v) is 3.87. The van der Waals surface area contributed by atoms with Crippen LogP contribution >= 0.6 is 0 Å². The van der Waals surface area contributed by atoms with Gasteiger partial charge in [-0.2, -0.15) is 0 Å². The van der Waals surface area contributed by atoms with Gasteiger partial charge in [-0.25, -0.2) is 0 Å². The summed E-state index contributed by atoms with van der Waals surface area (Å²) < 4.78 is 0. The summed E-state index contributed by atoms with van der Waals surface area (Å²) in [6, 6.07) is 0. The molecule has 0 saturated carbocycles. The third-order valence-corrected chi connectivity index (χ3v) is 1.20. The Kier molecular flexibility index (Phi) is 5.28. The SMILES string of the molecule is C#CCCC(=O)NCC(C)C. The number of hydrogen-bond acceptors (Lipinski definition) is 1. The molecule has 0 aromatic heterocycles. The molecule has 0 aromatic rings. The maximum absolute atomic E-state index is 10.9. The van der Waals surface area contributed by atoms with Crippen LogP contribution in [0.15, 0.2) is 0 Å². The maximum atomic E-state index is 10.9. The molecule has 0 unspecified atom stereocenters. The van der Waals surface area contributed by atoms with E-state index in [4.69, 9.17) is 6.42 Å². The van der Waals surface area contributed by atoms with Crippen LogP contribution in [-0.4, -0.2) is 12.5 Å². The van der Waals surface area contributed by atoms with Gasteiger partial charge in [0.25, 0.3) is 0 Å². The van der Waals surface area contributed by atoms with Gasteiger partial charge in [0, 0.05) is 19.4 Å². The van der Waals surface area contributed by atoms with Crippen LogP contribution in [0.3, 0.4) is 0 Å². The lowest BCUT2D eigenvalue weighted by atomic mass is 10.2. The molecule has 0 bridgehead atoms. The van der Waals surface area contributed by atoms with E-state index in [-0.39, 0.29) is 5.91 Å². The lowest BCUT2D eigenvalue weighted by molar-refractivity contribution is -0.121. The molecule has 0 fully saturated rings. The van der Waals surface area contributed by atoms with E-state index in [1.807, 2.05) is 0 Å². The molecule has 1 amide bonds. The molecule has 62 valence electrons. The third kappa shape index (κ3) is 6.92. The smallest absolute Gasteiger partial charge is 0.220 e. The minimum absolute atomic E-state index is 0.0525. The van der Waals surface area contributed by atoms with Crippen LogP contribution in [0, 0.1) is 18.3 Å². The number of amides is 1. The molecule has 0 rings (SSSR count). The monoisotopic (exact) mass is 153 g/mol. The van der Waals surface area contributed by atoms with Crippen LogP contribution in [0.25, 0.3) is 0 Å². The fraction of sp³-hybridized carbons (Fsp3) is 0.667. The molecule has 0 atom stereocenters. The van der Waals surface area contributed by atoms with Crippen LogP contribution < -0.4 is 5.32 Å². The van der Waals surface area contributed by atoms with Crippen LogP contribution in [0.5, 0.6) is 0 Å². The molecule has 0 aliphatic carbocycles. The van der Waals surface area contributed by atoms with Gasteiger partial charge >= 0.3 is 0 Å². The first-order chi connectivity index (χ1) is 5.16. The molecule has 2 heteroatoms. The summed E-state index contributed by atoms with van der Waals surface area (Å²) in [6.07, 6.45) is 5.98. The number of carbonyl (C=O) groups excluding carboxylic acids is 1. The van der Waals surface area contributed by atoms with E-state index in [1.165, 1.54) is 0 Å². The molecule has 1 N–H and O–H groups in total. The van der Waals surface area contributed by atoms with Crippen molar-refractivity contribution in [1.82, 2.24) is 5.32 Å². The summed E-state index contributed by atoms with van der Waals surface area (Å²) in [5.74, 6) is 2.98. The molecule has 0 saturated heterocycles. The van der Waals surface area contributed by atoms with Crippen molar-refractivity contribution in [3.05, 3.63) is 0 Å². The van der Waals surface area contributed by atoms with E-state index >= 15 is 0 Å². The first-order valence-electron chi connectivity index (χ1n) is 3.87. The predicted molar refractivity (Wildman–Crippen MR) is 45.9 cm³/mol. The highest BCUT2D eigenvalue weighted by Crippen LogP contribution is 1.90. The van der Waals surface area contributed by atoms with Crippen molar-refractivity contribution in [2.45, 2.75) is 26.7 Å². The molecule has 0 aliphatic rings. The van der Waals surface area contributed by atoms with Gasteiger partial charge in [0.1, 0.15) is 0 Å². The van der Waals surface area contributed by atoms with Crippen LogP contribution in [0.4, 0.5) is 0 Å². The number of carbonyl (C=O) groups is 1. The van der Waals surface area contributed by atoms with Crippen LogP contribution in [-0.2, 0) is 4.79 Å². The Morgan fingerprint density at radius 3 is 2.73 bits per heavy atom. The predicted octanol–water partition coefficient (Wildman–Crippen LogP) is 1.17. The highest BCUT2D eigenvalue weighted by Gasteiger charge is 1.99. The van der Waals surface area contributed by atoms with Crippen LogP contribution in [0.2, 0.25) is 0 Å². The van der Waals surface area contributed by atoms with E-state index < -0.39 is 0 Å². The maximum Gasteiger partial charge on any atom is 0.220 e. The lowest BCUT2D eigenvalue weighted by Crippen LogP contribution is -2.26. The van der Waals surface area contributed by atoms with E-state index in [9.17, 15) is 4.79 Å². The Bertz CT molecular complexity index is 155. The molecule has 2 nitrogen and oxygen atoms in total. The zero-order valence-corrected chi connectivity index (χ0v) is 7.18. The van der Waals surface area contributed by atoms with Crippen molar-refractivity contribution in [2.24, 2.45) is 5.92 Å². The van der Waals surface area contributed by atoms with Gasteiger partial charge in [-0.3, -0.25) is 4.79 Å². The van der Waals surface area contributed by atoms with Crippen molar-refractivity contribution >= 4 is 5.91 Å². The Morgan fingerprint density at radius 2 is 2.27 bits per heavy atom. The summed E-state index contributed by atoms with van der Waals surface area (Å²) in [4.78, 5) is 10.9. The van der Waals surface area contributed by atoms with E-state index in [0.29, 0.717) is 18.8 Å². The molecule has 0 heterocycles. The molecular weight excluding hydrogens is 138 g/mol. The highest BCUT2D eigenvalue weighted by atomic mass is 16.1. The van der Waals surface area contributed by atoms with Gasteiger partial charge in [-0.05, 0) is 5.92 Å². The summed E-state index contributed by atoms with van der Waals surface area (Å²) in [5, 5.41) is 2.78. The Labute approximate surface area is 68.4 Å². The zero-order chi connectivity index (χ0) is 8.69. The summed E-state index contributed by atoms with van der Waals surface area (Å²) >= 11 is 0. The van der Waals surface area contributed by atoms with Gasteiger partial charge in [-0.1, -0.05) is 13.8 Å². The Balaban J connectivity index is 3.32. The Morgan fingerprint density at radius 1 is 1.64 bits per heavy atom. The second-order valence-corrected chi connectivity index (χ2v) is 2.90. The highest BCUT2D eigenvalue weighted by molar-refractivity contribution is 5.76. The standard InChI is InChI=1S/C9H15NO/c1-4-5-6-9(11)10-7-8(2)3/h1,8H,5-7H2,2-3H3,(H,10,11). The van der Waals surface area contributed by atoms with E-state index in [1.54, 1.807) is 0 Å². The number of nitrogens with one attached hydrogen (secondary N) is 1. The van der Waals surface area contributed by atoms with E-state index in [2.05, 4.69) is 25.1 Å². The second-order valence-electron chi connectivity index (χ2n) is 2.90. The average Bonchev–Trinajstić information content (AvgIpc) is 1.97. The van der Waals surface area contributed by atoms with Gasteiger partial charge in [0.05, 0.1) is 0 Å². The van der Waals surface area contributed by atoms with Crippen molar-refractivity contribution < 1.29 is 4.79 Å². The Hall–Kier alpha value is -0.970. The van der Waals surface area contributed by atoms with Gasteiger partial charge in [0.15, 0.2) is 0 Å². The van der Waals surface area contributed by atoms with Gasteiger partial charge in [-0.15, -0.1) is 12.3 Å². The third-order valence-electron chi connectivity index (χ3n) is 1.20. The number of rotatable bonds is 4. The van der Waals surface area contributed by atoms with Crippen molar-refractivity contribution in [3.63, 3.8) is 0 Å². The van der Waals surface area contributed by atoms with E-state index in [0.717, 1.165) is 6.54 Å². The number of hydrogen-bond donors (Lipinski definition) is 1. The molecule has 0 radical (unpaired) electrons. The second kappa shape index (κ2) is 5.79. The van der Waals surface area contributed by atoms with Gasteiger partial charge < -0.3 is 5.32 Å². The topological polar surface area (TPSA) is 29.1 Å². The largest absolute Gasteiger partial charge is 0.356 e. The minimum atomic E-state index is 0.0525. The van der Waals surface area contributed by atoms with Gasteiger partial charge in [0.2, 0.25) is 5.91 Å². The number of terminal acetylenes is 1. The summed E-state index contributed by atoms with van der Waals surface area (Å²) in [5.41, 5.74) is 0. The quantitative estimate of drug-likeness (QED) is 0.603. The lowest BCUT2D eigenvalue weighted by Gasteiger charge is -2.05. The fourth-order valence-electron chi connectivity index (χ4n) is 0.592. The average molecular weight is 153 g/mol. The molecule has 11 heavy (non-hydrogen) atoms. The molecule has 0 aromatic carbocycles. The fourth-order valence-corrected chi connectivity index (χ4v) is 0.592. The van der Waals surface area contributed by atoms with Crippen molar-refractivity contribution in [3.8, 4) is 12.3 Å². The zero-order valence-electron chi connectivity index (χ0n) is 7.18. The normalized spacial score (nSPS) is 9.27. The molecular formula is C9H15NO.